The molecule has 2 aliphatic heterocycles. The summed E-state index contributed by atoms with van der Waals surface area (Å²) in [5.74, 6) is 0. The molecule has 0 aromatic heterocycles. The van der Waals surface area contributed by atoms with Crippen molar-refractivity contribution in [2.24, 2.45) is 0 Å². The van der Waals surface area contributed by atoms with Gasteiger partial charge in [0.05, 0.1) is 30.9 Å². The van der Waals surface area contributed by atoms with Gasteiger partial charge in [-0.1, -0.05) is 45.0 Å². The van der Waals surface area contributed by atoms with Crippen molar-refractivity contribution in [3.63, 3.8) is 0 Å². The molecule has 0 spiro atoms. The molecule has 1 fully saturated rings. The minimum Gasteiger partial charge on any atom is -0.375 e. The summed E-state index contributed by atoms with van der Waals surface area (Å²) in [6.45, 7) is 7.85. The van der Waals surface area contributed by atoms with Crippen molar-refractivity contribution in [3.8, 4) is 6.07 Å². The van der Waals surface area contributed by atoms with Crippen LogP contribution >= 0.6 is 0 Å². The number of rotatable bonds is 1. The summed E-state index contributed by atoms with van der Waals surface area (Å²) >= 11 is 0. The Labute approximate surface area is 154 Å². The molecular formula is C22H24N2O2. The van der Waals surface area contributed by atoms with Crippen LogP contribution in [0.15, 0.2) is 42.5 Å². The first-order chi connectivity index (χ1) is 12.5. The maximum Gasteiger partial charge on any atom is 0.113 e. The van der Waals surface area contributed by atoms with Gasteiger partial charge in [0.25, 0.3) is 0 Å². The number of nitrogens with one attached hydrogen (secondary N) is 1. The zero-order valence-corrected chi connectivity index (χ0v) is 15.5. The van der Waals surface area contributed by atoms with Crippen molar-refractivity contribution < 1.29 is 9.47 Å². The van der Waals surface area contributed by atoms with E-state index in [1.54, 1.807) is 0 Å². The molecule has 2 aliphatic rings. The molecule has 1 N–H and O–H groups in total. The summed E-state index contributed by atoms with van der Waals surface area (Å²) in [6, 6.07) is 16.5. The summed E-state index contributed by atoms with van der Waals surface area (Å²) in [5, 5.41) is 12.9. The molecule has 0 radical (unpaired) electrons. The Hall–Kier alpha value is -2.35. The highest BCUT2D eigenvalue weighted by atomic mass is 16.6. The first kappa shape index (κ1) is 17.1. The molecule has 0 aliphatic carbocycles. The molecule has 134 valence electrons. The van der Waals surface area contributed by atoms with Crippen LogP contribution in [0.25, 0.3) is 0 Å². The van der Waals surface area contributed by atoms with E-state index in [0.717, 1.165) is 16.8 Å². The van der Waals surface area contributed by atoms with Crippen LogP contribution in [0.2, 0.25) is 0 Å². The van der Waals surface area contributed by atoms with Gasteiger partial charge in [-0.2, -0.15) is 5.26 Å². The SMILES string of the molecule is CC(C)(C)c1ccc2c(c1)C1OCCOC1C(c1cccc(C#N)c1)N2. The van der Waals surface area contributed by atoms with E-state index in [2.05, 4.69) is 50.4 Å². The Kier molecular flexibility index (Phi) is 4.22. The molecule has 2 heterocycles. The molecular weight excluding hydrogens is 324 g/mol. The fourth-order valence-electron chi connectivity index (χ4n) is 3.80. The molecule has 0 saturated carbocycles. The maximum absolute atomic E-state index is 9.23. The van der Waals surface area contributed by atoms with Crippen molar-refractivity contribution >= 4 is 5.69 Å². The van der Waals surface area contributed by atoms with E-state index in [0.29, 0.717) is 18.8 Å². The number of fused-ring (bicyclic) bond motifs is 3. The van der Waals surface area contributed by atoms with Gasteiger partial charge in [0.15, 0.2) is 0 Å². The second-order valence-corrected chi connectivity index (χ2v) is 8.04. The van der Waals surface area contributed by atoms with E-state index >= 15 is 0 Å². The third-order valence-corrected chi connectivity index (χ3v) is 5.23. The molecule has 4 rings (SSSR count). The molecule has 0 amide bonds. The summed E-state index contributed by atoms with van der Waals surface area (Å²) in [7, 11) is 0. The molecule has 1 saturated heterocycles. The highest BCUT2D eigenvalue weighted by Crippen LogP contribution is 2.45. The van der Waals surface area contributed by atoms with Gasteiger partial charge in [-0.3, -0.25) is 0 Å². The second-order valence-electron chi connectivity index (χ2n) is 8.04. The van der Waals surface area contributed by atoms with Crippen LogP contribution in [-0.2, 0) is 14.9 Å². The molecule has 2 aromatic carbocycles. The number of nitrogens with zero attached hydrogens (tertiary/aromatic N) is 1. The Bertz CT molecular complexity index is 863. The summed E-state index contributed by atoms with van der Waals surface area (Å²) in [4.78, 5) is 0. The van der Waals surface area contributed by atoms with Crippen LogP contribution in [0.3, 0.4) is 0 Å². The lowest BCUT2D eigenvalue weighted by atomic mass is 9.82. The van der Waals surface area contributed by atoms with E-state index in [-0.39, 0.29) is 23.7 Å². The van der Waals surface area contributed by atoms with Crippen molar-refractivity contribution in [1.29, 1.82) is 5.26 Å². The summed E-state index contributed by atoms with van der Waals surface area (Å²) in [6.07, 6.45) is -0.210. The van der Waals surface area contributed by atoms with E-state index in [1.165, 1.54) is 5.56 Å². The van der Waals surface area contributed by atoms with Crippen LogP contribution < -0.4 is 5.32 Å². The summed E-state index contributed by atoms with van der Waals surface area (Å²) < 4.78 is 12.3. The number of hydrogen-bond donors (Lipinski definition) is 1. The first-order valence-electron chi connectivity index (χ1n) is 9.11. The van der Waals surface area contributed by atoms with Gasteiger partial charge in [-0.25, -0.2) is 0 Å². The topological polar surface area (TPSA) is 54.3 Å². The molecule has 4 nitrogen and oxygen atoms in total. The van der Waals surface area contributed by atoms with Gasteiger partial charge in [-0.15, -0.1) is 0 Å². The Morgan fingerprint density at radius 1 is 1.08 bits per heavy atom. The van der Waals surface area contributed by atoms with Gasteiger partial charge in [0.1, 0.15) is 12.2 Å². The molecule has 0 bridgehead atoms. The highest BCUT2D eigenvalue weighted by molar-refractivity contribution is 5.59. The third-order valence-electron chi connectivity index (χ3n) is 5.23. The summed E-state index contributed by atoms with van der Waals surface area (Å²) in [5.41, 5.74) is 5.32. The molecule has 3 unspecified atom stereocenters. The van der Waals surface area contributed by atoms with E-state index in [4.69, 9.17) is 9.47 Å². The van der Waals surface area contributed by atoms with Crippen molar-refractivity contribution in [2.45, 2.75) is 44.4 Å². The monoisotopic (exact) mass is 348 g/mol. The zero-order chi connectivity index (χ0) is 18.3. The lowest BCUT2D eigenvalue weighted by Gasteiger charge is -2.43. The number of nitriles is 1. The Balaban J connectivity index is 1.78. The first-order valence-corrected chi connectivity index (χ1v) is 9.11. The van der Waals surface area contributed by atoms with Gasteiger partial charge in [0.2, 0.25) is 0 Å². The Morgan fingerprint density at radius 3 is 2.65 bits per heavy atom. The van der Waals surface area contributed by atoms with Crippen LogP contribution in [-0.4, -0.2) is 19.3 Å². The van der Waals surface area contributed by atoms with Gasteiger partial charge in [0, 0.05) is 11.3 Å². The number of anilines is 1. The normalized spacial score (nSPS) is 24.8. The van der Waals surface area contributed by atoms with Crippen molar-refractivity contribution in [2.75, 3.05) is 18.5 Å². The van der Waals surface area contributed by atoms with Crippen LogP contribution in [0.5, 0.6) is 0 Å². The largest absolute Gasteiger partial charge is 0.375 e. The molecule has 4 heteroatoms. The lowest BCUT2D eigenvalue weighted by molar-refractivity contribution is -0.151. The predicted octanol–water partition coefficient (Wildman–Crippen LogP) is 4.48. The van der Waals surface area contributed by atoms with Crippen LogP contribution in [0, 0.1) is 11.3 Å². The van der Waals surface area contributed by atoms with Crippen molar-refractivity contribution in [1.82, 2.24) is 0 Å². The minimum atomic E-state index is -0.111. The average molecular weight is 348 g/mol. The van der Waals surface area contributed by atoms with Crippen molar-refractivity contribution in [3.05, 3.63) is 64.7 Å². The van der Waals surface area contributed by atoms with E-state index < -0.39 is 0 Å². The Morgan fingerprint density at radius 2 is 1.88 bits per heavy atom. The fourth-order valence-corrected chi connectivity index (χ4v) is 3.80. The minimum absolute atomic E-state index is 0.0402. The highest BCUT2D eigenvalue weighted by Gasteiger charge is 2.41. The molecule has 2 aromatic rings. The fraction of sp³-hybridized carbons (Fsp3) is 0.409. The average Bonchev–Trinajstić information content (AvgIpc) is 2.66. The molecule has 3 atom stereocenters. The maximum atomic E-state index is 9.23. The smallest absolute Gasteiger partial charge is 0.113 e. The molecule has 26 heavy (non-hydrogen) atoms. The predicted molar refractivity (Wildman–Crippen MR) is 101 cm³/mol. The van der Waals surface area contributed by atoms with E-state index in [9.17, 15) is 5.26 Å². The standard InChI is InChI=1S/C22H24N2O2/c1-22(2,3)16-7-8-18-17(12-16)20-21(26-10-9-25-20)19(24-18)15-6-4-5-14(11-15)13-23/h4-8,11-12,19-21,24H,9-10H2,1-3H3. The van der Waals surface area contributed by atoms with Crippen LogP contribution in [0.4, 0.5) is 5.69 Å². The number of ether oxygens (including phenoxy) is 2. The van der Waals surface area contributed by atoms with E-state index in [1.807, 2.05) is 24.3 Å². The quantitative estimate of drug-likeness (QED) is 0.825. The van der Waals surface area contributed by atoms with Gasteiger partial charge < -0.3 is 14.8 Å². The van der Waals surface area contributed by atoms with Gasteiger partial charge in [-0.05, 0) is 34.7 Å². The van der Waals surface area contributed by atoms with Crippen LogP contribution in [0.1, 0.15) is 55.2 Å². The number of hydrogen-bond acceptors (Lipinski definition) is 4. The lowest BCUT2D eigenvalue weighted by Crippen LogP contribution is -2.43. The van der Waals surface area contributed by atoms with Gasteiger partial charge >= 0.3 is 0 Å². The zero-order valence-electron chi connectivity index (χ0n) is 15.5. The second kappa shape index (κ2) is 6.42. The third kappa shape index (κ3) is 2.98. The number of benzene rings is 2.